The first-order chi connectivity index (χ1) is 6.97. The Balaban J connectivity index is 3.82. The summed E-state index contributed by atoms with van der Waals surface area (Å²) < 4.78 is 0. The van der Waals surface area contributed by atoms with Crippen LogP contribution in [0.25, 0.3) is 0 Å². The number of carbonyl (C=O) groups excluding carboxylic acids is 1. The van der Waals surface area contributed by atoms with Crippen molar-refractivity contribution in [3.8, 4) is 0 Å². The van der Waals surface area contributed by atoms with Gasteiger partial charge in [0.2, 0.25) is 0 Å². The Bertz CT molecular complexity index is 219. The lowest BCUT2D eigenvalue weighted by Gasteiger charge is -2.20. The van der Waals surface area contributed by atoms with Crippen molar-refractivity contribution in [3.63, 3.8) is 0 Å². The van der Waals surface area contributed by atoms with Gasteiger partial charge in [-0.15, -0.1) is 0 Å². The summed E-state index contributed by atoms with van der Waals surface area (Å²) in [5.41, 5.74) is 0. The quantitative estimate of drug-likeness (QED) is 0.703. The molecule has 0 radical (unpaired) electrons. The van der Waals surface area contributed by atoms with E-state index in [4.69, 9.17) is 5.11 Å². The van der Waals surface area contributed by atoms with Crippen molar-refractivity contribution in [2.75, 3.05) is 13.6 Å². The normalized spacial score (nSPS) is 11.9. The molecule has 2 amide bonds. The van der Waals surface area contributed by atoms with Gasteiger partial charge in [-0.2, -0.15) is 0 Å². The fraction of sp³-hybridized carbons (Fsp3) is 0.800. The minimum Gasteiger partial charge on any atom is -0.481 e. The Kier molecular flexibility index (Phi) is 6.49. The predicted molar refractivity (Wildman–Crippen MR) is 57.8 cm³/mol. The fourth-order valence-corrected chi connectivity index (χ4v) is 1.19. The Hall–Kier alpha value is -1.26. The first kappa shape index (κ1) is 13.7. The van der Waals surface area contributed by atoms with E-state index in [1.807, 2.05) is 6.92 Å². The highest BCUT2D eigenvalue weighted by molar-refractivity contribution is 5.75. The molecular weight excluding hydrogens is 196 g/mol. The van der Waals surface area contributed by atoms with Gasteiger partial charge >= 0.3 is 12.0 Å². The number of nitrogens with one attached hydrogen (secondary N) is 1. The molecule has 2 N–H and O–H groups in total. The van der Waals surface area contributed by atoms with Crippen LogP contribution in [-0.2, 0) is 4.79 Å². The molecule has 0 bridgehead atoms. The van der Waals surface area contributed by atoms with Gasteiger partial charge < -0.3 is 15.3 Å². The Morgan fingerprint density at radius 1 is 1.47 bits per heavy atom. The van der Waals surface area contributed by atoms with Crippen LogP contribution in [0.1, 0.15) is 33.1 Å². The number of carboxylic acids is 1. The lowest BCUT2D eigenvalue weighted by atomic mass is 10.2. The average Bonchev–Trinajstić information content (AvgIpc) is 2.14. The van der Waals surface area contributed by atoms with E-state index in [1.165, 1.54) is 4.90 Å². The van der Waals surface area contributed by atoms with Crippen molar-refractivity contribution in [3.05, 3.63) is 0 Å². The SMILES string of the molecule is CCCC(C)NC(=O)N(C)CCC(=O)O. The van der Waals surface area contributed by atoms with Gasteiger partial charge in [0.1, 0.15) is 0 Å². The van der Waals surface area contributed by atoms with Gasteiger partial charge in [-0.3, -0.25) is 4.79 Å². The van der Waals surface area contributed by atoms with Crippen LogP contribution in [-0.4, -0.2) is 41.6 Å². The number of hydrogen-bond acceptors (Lipinski definition) is 2. The summed E-state index contributed by atoms with van der Waals surface area (Å²) in [4.78, 5) is 23.1. The summed E-state index contributed by atoms with van der Waals surface area (Å²) in [5.74, 6) is -0.892. The van der Waals surface area contributed by atoms with Crippen LogP contribution in [0.2, 0.25) is 0 Å². The highest BCUT2D eigenvalue weighted by atomic mass is 16.4. The van der Waals surface area contributed by atoms with Crippen LogP contribution in [0.4, 0.5) is 4.79 Å². The molecular formula is C10H20N2O3. The van der Waals surface area contributed by atoms with Crippen LogP contribution in [0.5, 0.6) is 0 Å². The van der Waals surface area contributed by atoms with Crippen molar-refractivity contribution in [1.82, 2.24) is 10.2 Å². The molecule has 5 heteroatoms. The summed E-state index contributed by atoms with van der Waals surface area (Å²) in [5, 5.41) is 11.3. The zero-order valence-corrected chi connectivity index (χ0v) is 9.62. The maximum absolute atomic E-state index is 11.5. The highest BCUT2D eigenvalue weighted by Crippen LogP contribution is 1.96. The lowest BCUT2D eigenvalue weighted by molar-refractivity contribution is -0.137. The first-order valence-corrected chi connectivity index (χ1v) is 5.20. The number of hydrogen-bond donors (Lipinski definition) is 2. The molecule has 0 heterocycles. The molecule has 0 aliphatic rings. The van der Waals surface area contributed by atoms with Gasteiger partial charge in [0, 0.05) is 19.6 Å². The molecule has 15 heavy (non-hydrogen) atoms. The molecule has 1 unspecified atom stereocenters. The predicted octanol–water partition coefficient (Wildman–Crippen LogP) is 1.29. The number of rotatable bonds is 6. The van der Waals surface area contributed by atoms with E-state index in [0.29, 0.717) is 0 Å². The molecule has 0 saturated heterocycles. The van der Waals surface area contributed by atoms with Gasteiger partial charge in [0.15, 0.2) is 0 Å². The molecule has 0 rings (SSSR count). The highest BCUT2D eigenvalue weighted by Gasteiger charge is 2.11. The van der Waals surface area contributed by atoms with Crippen LogP contribution in [0.15, 0.2) is 0 Å². The monoisotopic (exact) mass is 216 g/mol. The second kappa shape index (κ2) is 7.09. The van der Waals surface area contributed by atoms with Crippen LogP contribution in [0, 0.1) is 0 Å². The van der Waals surface area contributed by atoms with E-state index < -0.39 is 5.97 Å². The van der Waals surface area contributed by atoms with E-state index in [9.17, 15) is 9.59 Å². The Morgan fingerprint density at radius 2 is 2.07 bits per heavy atom. The molecule has 0 saturated carbocycles. The number of aliphatic carboxylic acids is 1. The molecule has 1 atom stereocenters. The summed E-state index contributed by atoms with van der Waals surface area (Å²) in [7, 11) is 1.59. The largest absolute Gasteiger partial charge is 0.481 e. The van der Waals surface area contributed by atoms with Crippen molar-refractivity contribution in [1.29, 1.82) is 0 Å². The standard InChI is InChI=1S/C10H20N2O3/c1-4-5-8(2)11-10(15)12(3)7-6-9(13)14/h8H,4-7H2,1-3H3,(H,11,15)(H,13,14). The minimum absolute atomic E-state index is 0.0217. The summed E-state index contributed by atoms with van der Waals surface area (Å²) in [6, 6.07) is -0.0769. The molecule has 0 aromatic heterocycles. The molecule has 0 aliphatic carbocycles. The van der Waals surface area contributed by atoms with Crippen LogP contribution < -0.4 is 5.32 Å². The van der Waals surface area contributed by atoms with Gasteiger partial charge in [-0.05, 0) is 13.3 Å². The second-order valence-corrected chi connectivity index (χ2v) is 3.70. The smallest absolute Gasteiger partial charge is 0.317 e. The molecule has 0 aliphatic heterocycles. The lowest BCUT2D eigenvalue weighted by Crippen LogP contribution is -2.42. The van der Waals surface area contributed by atoms with E-state index >= 15 is 0 Å². The van der Waals surface area contributed by atoms with Crippen LogP contribution in [0.3, 0.4) is 0 Å². The number of carboxylic acid groups (broad SMARTS) is 1. The number of nitrogens with zero attached hydrogens (tertiary/aromatic N) is 1. The molecule has 88 valence electrons. The van der Waals surface area contributed by atoms with Crippen molar-refractivity contribution >= 4 is 12.0 Å². The average molecular weight is 216 g/mol. The minimum atomic E-state index is -0.892. The van der Waals surface area contributed by atoms with Gasteiger partial charge in [-0.1, -0.05) is 13.3 Å². The number of amides is 2. The Labute approximate surface area is 90.5 Å². The second-order valence-electron chi connectivity index (χ2n) is 3.70. The van der Waals surface area contributed by atoms with E-state index in [1.54, 1.807) is 7.05 Å². The maximum Gasteiger partial charge on any atom is 0.317 e. The van der Waals surface area contributed by atoms with Crippen molar-refractivity contribution < 1.29 is 14.7 Å². The fourth-order valence-electron chi connectivity index (χ4n) is 1.19. The number of urea groups is 1. The zero-order valence-electron chi connectivity index (χ0n) is 9.62. The first-order valence-electron chi connectivity index (χ1n) is 5.20. The van der Waals surface area contributed by atoms with Crippen molar-refractivity contribution in [2.24, 2.45) is 0 Å². The molecule has 5 nitrogen and oxygen atoms in total. The van der Waals surface area contributed by atoms with E-state index in [2.05, 4.69) is 12.2 Å². The number of carbonyl (C=O) groups is 2. The van der Waals surface area contributed by atoms with E-state index in [-0.39, 0.29) is 25.0 Å². The third-order valence-electron chi connectivity index (χ3n) is 2.10. The van der Waals surface area contributed by atoms with Gasteiger partial charge in [0.25, 0.3) is 0 Å². The molecule has 0 aromatic carbocycles. The summed E-state index contributed by atoms with van der Waals surface area (Å²) >= 11 is 0. The van der Waals surface area contributed by atoms with Crippen molar-refractivity contribution in [2.45, 2.75) is 39.2 Å². The zero-order chi connectivity index (χ0) is 11.8. The third kappa shape index (κ3) is 6.76. The van der Waals surface area contributed by atoms with Gasteiger partial charge in [0.05, 0.1) is 6.42 Å². The summed E-state index contributed by atoms with van der Waals surface area (Å²) in [6.45, 7) is 4.23. The van der Waals surface area contributed by atoms with Gasteiger partial charge in [-0.25, -0.2) is 4.79 Å². The molecule has 0 spiro atoms. The van der Waals surface area contributed by atoms with Crippen LogP contribution >= 0.6 is 0 Å². The molecule has 0 aromatic rings. The Morgan fingerprint density at radius 3 is 2.53 bits per heavy atom. The topological polar surface area (TPSA) is 69.6 Å². The maximum atomic E-state index is 11.5. The summed E-state index contributed by atoms with van der Waals surface area (Å²) in [6.07, 6.45) is 1.92. The van der Waals surface area contributed by atoms with E-state index in [0.717, 1.165) is 12.8 Å². The molecule has 0 fully saturated rings. The third-order valence-corrected chi connectivity index (χ3v) is 2.10.